The fourth-order valence-corrected chi connectivity index (χ4v) is 4.16. The molecule has 0 heterocycles. The van der Waals surface area contributed by atoms with Gasteiger partial charge in [-0.05, 0) is 42.7 Å². The van der Waals surface area contributed by atoms with Crippen molar-refractivity contribution in [1.29, 1.82) is 0 Å². The zero-order chi connectivity index (χ0) is 16.4. The molecule has 1 saturated carbocycles. The van der Waals surface area contributed by atoms with Crippen LogP contribution in [0.4, 0.5) is 0 Å². The van der Waals surface area contributed by atoms with Gasteiger partial charge in [-0.2, -0.15) is 0 Å². The van der Waals surface area contributed by atoms with Crippen LogP contribution in [-0.4, -0.2) is 12.1 Å². The summed E-state index contributed by atoms with van der Waals surface area (Å²) in [5.74, 6) is 0.951. The van der Waals surface area contributed by atoms with Crippen LogP contribution in [0, 0.1) is 17.8 Å². The Labute approximate surface area is 147 Å². The molecule has 0 aromatic heterocycles. The molecule has 0 amide bonds. The third-order valence-corrected chi connectivity index (χ3v) is 5.25. The molecule has 1 fully saturated rings. The van der Waals surface area contributed by atoms with Gasteiger partial charge in [0.2, 0.25) is 0 Å². The van der Waals surface area contributed by atoms with Gasteiger partial charge in [0.25, 0.3) is 0 Å². The fourth-order valence-electron chi connectivity index (χ4n) is 3.18. The largest absolute Gasteiger partial charge is 0.458 e. The monoisotopic (exact) mass is 362 g/mol. The van der Waals surface area contributed by atoms with E-state index in [4.69, 9.17) is 39.5 Å². The molecule has 0 aliphatic heterocycles. The molecule has 0 spiro atoms. The minimum absolute atomic E-state index is 0.0842. The van der Waals surface area contributed by atoms with E-state index < -0.39 is 5.97 Å². The van der Waals surface area contributed by atoms with Crippen molar-refractivity contribution in [2.24, 2.45) is 17.8 Å². The predicted octanol–water partition coefficient (Wildman–Crippen LogP) is 6.26. The van der Waals surface area contributed by atoms with Crippen LogP contribution in [0.5, 0.6) is 0 Å². The van der Waals surface area contributed by atoms with Crippen molar-refractivity contribution in [3.05, 3.63) is 32.8 Å². The first-order valence-corrected chi connectivity index (χ1v) is 8.78. The molecule has 0 unspecified atom stereocenters. The normalized spacial score (nSPS) is 25.3. The van der Waals surface area contributed by atoms with Crippen molar-refractivity contribution in [2.75, 3.05) is 0 Å². The van der Waals surface area contributed by atoms with Gasteiger partial charge in [0.1, 0.15) is 6.10 Å². The molecule has 2 rings (SSSR count). The Balaban J connectivity index is 2.20. The van der Waals surface area contributed by atoms with E-state index in [1.165, 1.54) is 18.6 Å². The van der Waals surface area contributed by atoms with E-state index in [9.17, 15) is 4.79 Å². The number of carbonyl (C=O) groups is 1. The van der Waals surface area contributed by atoms with Crippen LogP contribution >= 0.6 is 34.8 Å². The number of benzene rings is 1. The number of carbonyl (C=O) groups excluding carboxylic acids is 1. The summed E-state index contributed by atoms with van der Waals surface area (Å²) < 4.78 is 5.77. The lowest BCUT2D eigenvalue weighted by molar-refractivity contribution is -0.0173. The van der Waals surface area contributed by atoms with E-state index >= 15 is 0 Å². The molecule has 5 heteroatoms. The maximum absolute atomic E-state index is 12.5. The summed E-state index contributed by atoms with van der Waals surface area (Å²) in [5.41, 5.74) is 0.202. The zero-order valence-corrected chi connectivity index (χ0v) is 15.3. The van der Waals surface area contributed by atoms with Crippen LogP contribution in [0.15, 0.2) is 12.1 Å². The highest BCUT2D eigenvalue weighted by atomic mass is 35.5. The van der Waals surface area contributed by atoms with Gasteiger partial charge in [-0.25, -0.2) is 4.79 Å². The average Bonchev–Trinajstić information content (AvgIpc) is 2.36. The van der Waals surface area contributed by atoms with Crippen molar-refractivity contribution in [2.45, 2.75) is 46.1 Å². The third-order valence-electron chi connectivity index (χ3n) is 4.43. The number of rotatable bonds is 3. The second-order valence-electron chi connectivity index (χ2n) is 6.51. The molecule has 0 saturated heterocycles. The van der Waals surface area contributed by atoms with E-state index in [-0.39, 0.29) is 21.7 Å². The van der Waals surface area contributed by atoms with Gasteiger partial charge in [0.15, 0.2) is 0 Å². The summed E-state index contributed by atoms with van der Waals surface area (Å²) in [7, 11) is 0. The van der Waals surface area contributed by atoms with Crippen LogP contribution < -0.4 is 0 Å². The highest BCUT2D eigenvalue weighted by Crippen LogP contribution is 2.37. The summed E-state index contributed by atoms with van der Waals surface area (Å²) in [6.07, 6.45) is 3.06. The Morgan fingerprint density at radius 2 is 1.77 bits per heavy atom. The molecule has 1 aliphatic rings. The first kappa shape index (κ1) is 17.9. The summed E-state index contributed by atoms with van der Waals surface area (Å²) in [6.45, 7) is 6.53. The Kier molecular flexibility index (Phi) is 6.04. The lowest BCUT2D eigenvalue weighted by Crippen LogP contribution is -2.36. The number of hydrogen-bond donors (Lipinski definition) is 0. The molecular weight excluding hydrogens is 343 g/mol. The van der Waals surface area contributed by atoms with Gasteiger partial charge in [0, 0.05) is 5.02 Å². The van der Waals surface area contributed by atoms with Crippen molar-refractivity contribution in [3.8, 4) is 0 Å². The second kappa shape index (κ2) is 7.42. The summed E-state index contributed by atoms with van der Waals surface area (Å²) in [6, 6.07) is 3.02. The first-order valence-electron chi connectivity index (χ1n) is 7.65. The molecule has 1 aromatic carbocycles. The zero-order valence-electron chi connectivity index (χ0n) is 13.0. The van der Waals surface area contributed by atoms with Gasteiger partial charge in [-0.3, -0.25) is 0 Å². The molecular formula is C17H21Cl3O2. The number of hydrogen-bond acceptors (Lipinski definition) is 2. The third kappa shape index (κ3) is 4.10. The maximum Gasteiger partial charge on any atom is 0.341 e. The fraction of sp³-hybridized carbons (Fsp3) is 0.588. The highest BCUT2D eigenvalue weighted by molar-refractivity contribution is 6.41. The van der Waals surface area contributed by atoms with Crippen molar-refractivity contribution < 1.29 is 9.53 Å². The molecule has 122 valence electrons. The van der Waals surface area contributed by atoms with Gasteiger partial charge in [0.05, 0.1) is 15.6 Å². The lowest BCUT2D eigenvalue weighted by atomic mass is 9.75. The van der Waals surface area contributed by atoms with Gasteiger partial charge in [-0.1, -0.05) is 62.0 Å². The Bertz CT molecular complexity index is 534. The Hall–Kier alpha value is -0.440. The molecule has 3 atom stereocenters. The van der Waals surface area contributed by atoms with Crippen LogP contribution in [0.3, 0.4) is 0 Å². The molecule has 1 aromatic rings. The minimum Gasteiger partial charge on any atom is -0.458 e. The first-order chi connectivity index (χ1) is 10.3. The standard InChI is InChI=1S/C17H21Cl3O2/c1-9(2)12-5-4-10(3)6-15(12)22-17(21)16-13(19)7-11(18)8-14(16)20/h7-10,12,15H,4-6H2,1-3H3/t10-,12+,15-/m0/s1. The minimum atomic E-state index is -0.462. The second-order valence-corrected chi connectivity index (χ2v) is 7.77. The number of esters is 1. The SMILES string of the molecule is CC(C)[C@H]1CC[C@H](C)C[C@@H]1OC(=O)c1c(Cl)cc(Cl)cc1Cl. The molecule has 0 bridgehead atoms. The van der Waals surface area contributed by atoms with Crippen LogP contribution in [0.2, 0.25) is 15.1 Å². The van der Waals surface area contributed by atoms with Gasteiger partial charge in [-0.15, -0.1) is 0 Å². The van der Waals surface area contributed by atoms with E-state index in [2.05, 4.69) is 20.8 Å². The van der Waals surface area contributed by atoms with Gasteiger partial charge < -0.3 is 4.74 Å². The smallest absolute Gasteiger partial charge is 0.341 e. The quantitative estimate of drug-likeness (QED) is 0.592. The number of halogens is 3. The van der Waals surface area contributed by atoms with Crippen LogP contribution in [0.25, 0.3) is 0 Å². The van der Waals surface area contributed by atoms with Crippen molar-refractivity contribution in [1.82, 2.24) is 0 Å². The average molecular weight is 364 g/mol. The topological polar surface area (TPSA) is 26.3 Å². The van der Waals surface area contributed by atoms with Crippen molar-refractivity contribution >= 4 is 40.8 Å². The van der Waals surface area contributed by atoms with Gasteiger partial charge >= 0.3 is 5.97 Å². The molecule has 0 N–H and O–H groups in total. The highest BCUT2D eigenvalue weighted by Gasteiger charge is 2.34. The number of ether oxygens (including phenoxy) is 1. The van der Waals surface area contributed by atoms with E-state index in [1.54, 1.807) is 0 Å². The van der Waals surface area contributed by atoms with E-state index in [0.29, 0.717) is 22.8 Å². The lowest BCUT2D eigenvalue weighted by Gasteiger charge is -2.36. The predicted molar refractivity (Wildman–Crippen MR) is 92.0 cm³/mol. The van der Waals surface area contributed by atoms with Crippen molar-refractivity contribution in [3.63, 3.8) is 0 Å². The maximum atomic E-state index is 12.5. The summed E-state index contributed by atoms with van der Waals surface area (Å²) in [5, 5.41) is 0.859. The molecule has 1 aliphatic carbocycles. The Morgan fingerprint density at radius 3 is 2.32 bits per heavy atom. The summed E-state index contributed by atoms with van der Waals surface area (Å²) in [4.78, 5) is 12.5. The molecule has 0 radical (unpaired) electrons. The Morgan fingerprint density at radius 1 is 1.18 bits per heavy atom. The van der Waals surface area contributed by atoms with E-state index in [1.807, 2.05) is 0 Å². The van der Waals surface area contributed by atoms with Crippen LogP contribution in [0.1, 0.15) is 50.4 Å². The van der Waals surface area contributed by atoms with Crippen LogP contribution in [-0.2, 0) is 4.74 Å². The molecule has 22 heavy (non-hydrogen) atoms. The molecule has 2 nitrogen and oxygen atoms in total. The van der Waals surface area contributed by atoms with E-state index in [0.717, 1.165) is 12.8 Å². The summed E-state index contributed by atoms with van der Waals surface area (Å²) >= 11 is 18.1.